The summed E-state index contributed by atoms with van der Waals surface area (Å²) in [6.45, 7) is 0.556. The fourth-order valence-corrected chi connectivity index (χ4v) is 4.56. The van der Waals surface area contributed by atoms with E-state index in [1.165, 1.54) is 32.3 Å². The Kier molecular flexibility index (Phi) is 6.97. The Labute approximate surface area is 207 Å². The number of nitrogens with one attached hydrogen (secondary N) is 1. The number of fused-ring (bicyclic) bond motifs is 1. The Morgan fingerprint density at radius 1 is 1.22 bits per heavy atom. The Bertz CT molecular complexity index is 1240. The van der Waals surface area contributed by atoms with Gasteiger partial charge in [-0.1, -0.05) is 0 Å². The average molecular weight is 502 g/mol. The number of carbonyl (C=O) groups is 1. The van der Waals surface area contributed by atoms with Crippen LogP contribution >= 0.6 is 0 Å². The standard InChI is InChI=1S/C26H29F2N3O5/c1-33-22-10-15(11-23(36-26(27)28)24(22)25(32)30-20-13-19(20)29)18-14-35-21-12-16(4-5-17(18)21)34-9-8-31-6-2-3-7-31/h4-5,10-12,14,19-20,26H,2-3,6-9,13,29H2,1H3,(H,30,32). The highest BCUT2D eigenvalue weighted by molar-refractivity contribution is 6.02. The monoisotopic (exact) mass is 501 g/mol. The number of nitrogens with two attached hydrogens (primary N) is 1. The van der Waals surface area contributed by atoms with Gasteiger partial charge in [0.25, 0.3) is 5.91 Å². The Morgan fingerprint density at radius 2 is 1.97 bits per heavy atom. The van der Waals surface area contributed by atoms with E-state index in [1.807, 2.05) is 12.1 Å². The van der Waals surface area contributed by atoms with Crippen LogP contribution in [0.15, 0.2) is 41.0 Å². The molecule has 3 N–H and O–H groups in total. The number of alkyl halides is 2. The number of furan rings is 1. The summed E-state index contributed by atoms with van der Waals surface area (Å²) in [5, 5.41) is 3.49. The van der Waals surface area contributed by atoms with Gasteiger partial charge in [-0.15, -0.1) is 0 Å². The molecule has 2 aromatic carbocycles. The Balaban J connectivity index is 1.41. The van der Waals surface area contributed by atoms with Gasteiger partial charge in [-0.3, -0.25) is 9.69 Å². The van der Waals surface area contributed by atoms with Crippen molar-refractivity contribution < 1.29 is 32.2 Å². The van der Waals surface area contributed by atoms with Crippen LogP contribution in [0.3, 0.4) is 0 Å². The minimum absolute atomic E-state index is 0.103. The van der Waals surface area contributed by atoms with Crippen molar-refractivity contribution in [3.63, 3.8) is 0 Å². The lowest BCUT2D eigenvalue weighted by atomic mass is 10.0. The SMILES string of the molecule is COc1cc(-c2coc3cc(OCCN4CCCC4)ccc23)cc(OC(F)F)c1C(=O)NC1CC1N. The van der Waals surface area contributed by atoms with Crippen molar-refractivity contribution in [3.8, 4) is 28.4 Å². The van der Waals surface area contributed by atoms with Crippen LogP contribution in [0.1, 0.15) is 29.6 Å². The smallest absolute Gasteiger partial charge is 0.387 e. The zero-order valence-electron chi connectivity index (χ0n) is 20.0. The number of hydrogen-bond acceptors (Lipinski definition) is 7. The molecule has 5 rings (SSSR count). The molecule has 3 aromatic rings. The van der Waals surface area contributed by atoms with Gasteiger partial charge in [0.1, 0.15) is 35.0 Å². The van der Waals surface area contributed by atoms with Crippen molar-refractivity contribution in [1.29, 1.82) is 0 Å². The molecule has 1 saturated heterocycles. The maximum absolute atomic E-state index is 13.3. The number of methoxy groups -OCH3 is 1. The number of ether oxygens (including phenoxy) is 3. The maximum Gasteiger partial charge on any atom is 0.387 e. The molecule has 10 heteroatoms. The van der Waals surface area contributed by atoms with Crippen molar-refractivity contribution in [2.75, 3.05) is 33.4 Å². The zero-order chi connectivity index (χ0) is 25.2. The molecule has 8 nitrogen and oxygen atoms in total. The number of hydrogen-bond donors (Lipinski definition) is 2. The van der Waals surface area contributed by atoms with E-state index in [1.54, 1.807) is 12.1 Å². The molecule has 1 saturated carbocycles. The Hall–Kier alpha value is -3.37. The summed E-state index contributed by atoms with van der Waals surface area (Å²) in [5.41, 5.74) is 7.39. The molecule has 1 aliphatic heterocycles. The lowest BCUT2D eigenvalue weighted by molar-refractivity contribution is -0.0502. The van der Waals surface area contributed by atoms with E-state index in [-0.39, 0.29) is 29.1 Å². The van der Waals surface area contributed by atoms with Crippen LogP contribution in [-0.2, 0) is 0 Å². The zero-order valence-corrected chi connectivity index (χ0v) is 20.0. The summed E-state index contributed by atoms with van der Waals surface area (Å²) < 4.78 is 48.3. The van der Waals surface area contributed by atoms with Crippen molar-refractivity contribution >= 4 is 16.9 Å². The van der Waals surface area contributed by atoms with E-state index >= 15 is 0 Å². The van der Waals surface area contributed by atoms with Gasteiger partial charge >= 0.3 is 6.61 Å². The molecule has 0 radical (unpaired) electrons. The molecule has 0 spiro atoms. The number of likely N-dealkylation sites (tertiary alicyclic amines) is 1. The summed E-state index contributed by atoms with van der Waals surface area (Å²) in [6, 6.07) is 8.15. The predicted octanol–water partition coefficient (Wildman–Crippen LogP) is 4.01. The van der Waals surface area contributed by atoms with Gasteiger partial charge in [0, 0.05) is 35.6 Å². The predicted molar refractivity (Wildman–Crippen MR) is 130 cm³/mol. The molecule has 1 aromatic heterocycles. The summed E-state index contributed by atoms with van der Waals surface area (Å²) >= 11 is 0. The first-order valence-electron chi connectivity index (χ1n) is 12.0. The van der Waals surface area contributed by atoms with Crippen LogP contribution in [-0.4, -0.2) is 62.9 Å². The van der Waals surface area contributed by atoms with Gasteiger partial charge in [-0.05, 0) is 62.2 Å². The molecular weight excluding hydrogens is 472 g/mol. The third-order valence-electron chi connectivity index (χ3n) is 6.62. The first-order valence-corrected chi connectivity index (χ1v) is 12.0. The highest BCUT2D eigenvalue weighted by Gasteiger charge is 2.36. The second-order valence-electron chi connectivity index (χ2n) is 9.11. The van der Waals surface area contributed by atoms with Gasteiger partial charge < -0.3 is 29.7 Å². The van der Waals surface area contributed by atoms with Gasteiger partial charge in [-0.2, -0.15) is 8.78 Å². The van der Waals surface area contributed by atoms with E-state index in [0.29, 0.717) is 35.5 Å². The summed E-state index contributed by atoms with van der Waals surface area (Å²) in [6.07, 6.45) is 4.62. The van der Waals surface area contributed by atoms with Crippen molar-refractivity contribution in [3.05, 3.63) is 42.2 Å². The molecule has 2 atom stereocenters. The molecule has 2 heterocycles. The molecule has 0 bridgehead atoms. The van der Waals surface area contributed by atoms with E-state index in [0.717, 1.165) is 25.0 Å². The van der Waals surface area contributed by atoms with E-state index in [9.17, 15) is 13.6 Å². The largest absolute Gasteiger partial charge is 0.496 e. The molecule has 36 heavy (non-hydrogen) atoms. The molecule has 2 unspecified atom stereocenters. The van der Waals surface area contributed by atoms with Gasteiger partial charge in [0.05, 0.1) is 13.4 Å². The van der Waals surface area contributed by atoms with Crippen LogP contribution in [0.5, 0.6) is 17.2 Å². The number of nitrogens with zero attached hydrogens (tertiary/aromatic N) is 1. The summed E-state index contributed by atoms with van der Waals surface area (Å²) in [4.78, 5) is 15.2. The lowest BCUT2D eigenvalue weighted by Crippen LogP contribution is -2.30. The molecule has 1 amide bonds. The molecule has 192 valence electrons. The van der Waals surface area contributed by atoms with Crippen LogP contribution in [0.2, 0.25) is 0 Å². The van der Waals surface area contributed by atoms with Crippen molar-refractivity contribution in [2.24, 2.45) is 5.73 Å². The summed E-state index contributed by atoms with van der Waals surface area (Å²) in [5.74, 6) is -0.0830. The van der Waals surface area contributed by atoms with Crippen LogP contribution in [0.4, 0.5) is 8.78 Å². The lowest BCUT2D eigenvalue weighted by Gasteiger charge is -2.16. The highest BCUT2D eigenvalue weighted by atomic mass is 19.3. The summed E-state index contributed by atoms with van der Waals surface area (Å²) in [7, 11) is 1.37. The Morgan fingerprint density at radius 3 is 2.67 bits per heavy atom. The quantitative estimate of drug-likeness (QED) is 0.433. The normalized spacial score (nSPS) is 19.6. The highest BCUT2D eigenvalue weighted by Crippen LogP contribution is 2.40. The average Bonchev–Trinajstić information content (AvgIpc) is 3.22. The molecule has 1 aliphatic carbocycles. The second kappa shape index (κ2) is 10.3. The van der Waals surface area contributed by atoms with Crippen molar-refractivity contribution in [2.45, 2.75) is 38.0 Å². The number of carbonyl (C=O) groups excluding carboxylic acids is 1. The fourth-order valence-electron chi connectivity index (χ4n) is 4.56. The van der Waals surface area contributed by atoms with Gasteiger partial charge in [0.2, 0.25) is 0 Å². The van der Waals surface area contributed by atoms with Crippen molar-refractivity contribution in [1.82, 2.24) is 10.2 Å². The van der Waals surface area contributed by atoms with Crippen LogP contribution < -0.4 is 25.3 Å². The minimum atomic E-state index is -3.12. The van der Waals surface area contributed by atoms with Gasteiger partial charge in [0.15, 0.2) is 0 Å². The van der Waals surface area contributed by atoms with E-state index in [2.05, 4.69) is 10.2 Å². The third kappa shape index (κ3) is 5.24. The molecule has 2 fully saturated rings. The third-order valence-corrected chi connectivity index (χ3v) is 6.62. The first kappa shape index (κ1) is 24.3. The minimum Gasteiger partial charge on any atom is -0.496 e. The second-order valence-corrected chi connectivity index (χ2v) is 9.11. The first-order chi connectivity index (χ1) is 17.4. The maximum atomic E-state index is 13.3. The van der Waals surface area contributed by atoms with Crippen LogP contribution in [0.25, 0.3) is 22.1 Å². The van der Waals surface area contributed by atoms with Gasteiger partial charge in [-0.25, -0.2) is 0 Å². The number of amides is 1. The molecular formula is C26H29F2N3O5. The van der Waals surface area contributed by atoms with Crippen LogP contribution in [0, 0.1) is 0 Å². The van der Waals surface area contributed by atoms with E-state index < -0.39 is 12.5 Å². The number of benzene rings is 2. The number of rotatable bonds is 10. The number of halogens is 2. The fraction of sp³-hybridized carbons (Fsp3) is 0.423. The molecule has 2 aliphatic rings. The van der Waals surface area contributed by atoms with E-state index in [4.69, 9.17) is 24.4 Å². The topological polar surface area (TPSA) is 99.2 Å².